The van der Waals surface area contributed by atoms with E-state index in [0.717, 1.165) is 27.0 Å². The number of hydrogen-bond donors (Lipinski definition) is 1. The number of nitrogens with zero attached hydrogens (tertiary/aromatic N) is 2. The van der Waals surface area contributed by atoms with Gasteiger partial charge in [-0.25, -0.2) is 4.79 Å². The summed E-state index contributed by atoms with van der Waals surface area (Å²) in [5, 5.41) is 4.80. The lowest BCUT2D eigenvalue weighted by Gasteiger charge is -2.25. The normalized spacial score (nSPS) is 18.8. The second-order valence-electron chi connectivity index (χ2n) is 9.10. The molecule has 0 aliphatic carbocycles. The number of likely N-dealkylation sites (N-methyl/N-ethyl adjacent to an activating group) is 1. The molecule has 0 bridgehead atoms. The summed E-state index contributed by atoms with van der Waals surface area (Å²) in [7, 11) is 3.28. The highest BCUT2D eigenvalue weighted by atomic mass is 16.6. The molecule has 1 atom stereocenters. The molecule has 3 aromatic carbocycles. The highest BCUT2D eigenvalue weighted by Crippen LogP contribution is 2.36. The third-order valence-corrected chi connectivity index (χ3v) is 6.65. The van der Waals surface area contributed by atoms with Crippen molar-refractivity contribution in [1.29, 1.82) is 0 Å². The number of rotatable bonds is 6. The van der Waals surface area contributed by atoms with Gasteiger partial charge in [0, 0.05) is 13.6 Å². The number of carbonyl (C=O) groups excluding carboxylic acids is 3. The molecule has 186 valence electrons. The van der Waals surface area contributed by atoms with Gasteiger partial charge in [0.1, 0.15) is 31.0 Å². The molecule has 1 N–H and O–H groups in total. The van der Waals surface area contributed by atoms with Crippen LogP contribution in [0.1, 0.15) is 18.1 Å². The molecule has 0 radical (unpaired) electrons. The summed E-state index contributed by atoms with van der Waals surface area (Å²) in [6.07, 6.45) is 0. The Kier molecular flexibility index (Phi) is 5.91. The first-order chi connectivity index (χ1) is 17.3. The highest BCUT2D eigenvalue weighted by molar-refractivity contribution is 6.09. The predicted molar refractivity (Wildman–Crippen MR) is 132 cm³/mol. The number of amides is 4. The molecule has 1 fully saturated rings. The van der Waals surface area contributed by atoms with Crippen LogP contribution < -0.4 is 19.5 Å². The van der Waals surface area contributed by atoms with Crippen molar-refractivity contribution < 1.29 is 28.6 Å². The topological polar surface area (TPSA) is 97.4 Å². The molecule has 3 aromatic rings. The summed E-state index contributed by atoms with van der Waals surface area (Å²) in [5.41, 5.74) is 0.175. The van der Waals surface area contributed by atoms with Crippen LogP contribution in [-0.2, 0) is 21.7 Å². The van der Waals surface area contributed by atoms with Gasteiger partial charge in [0.2, 0.25) is 5.91 Å². The first-order valence-electron chi connectivity index (χ1n) is 11.6. The van der Waals surface area contributed by atoms with Gasteiger partial charge in [-0.2, -0.15) is 0 Å². The predicted octanol–water partition coefficient (Wildman–Crippen LogP) is 3.05. The fourth-order valence-corrected chi connectivity index (χ4v) is 4.51. The fourth-order valence-electron chi connectivity index (χ4n) is 4.51. The second kappa shape index (κ2) is 9.07. The molecule has 4 amide bonds. The number of ether oxygens (including phenoxy) is 3. The van der Waals surface area contributed by atoms with Gasteiger partial charge in [0.15, 0.2) is 11.5 Å². The lowest BCUT2D eigenvalue weighted by Crippen LogP contribution is -2.43. The molecule has 1 saturated heterocycles. The van der Waals surface area contributed by atoms with E-state index in [1.807, 2.05) is 36.4 Å². The third kappa shape index (κ3) is 4.17. The van der Waals surface area contributed by atoms with E-state index in [1.165, 1.54) is 4.90 Å². The maximum absolute atomic E-state index is 13.3. The van der Waals surface area contributed by atoms with Crippen molar-refractivity contribution >= 4 is 28.6 Å². The molecule has 0 unspecified atom stereocenters. The number of hydrogen-bond acceptors (Lipinski definition) is 6. The van der Waals surface area contributed by atoms with Gasteiger partial charge in [0.25, 0.3) is 5.91 Å². The van der Waals surface area contributed by atoms with E-state index < -0.39 is 17.5 Å². The quantitative estimate of drug-likeness (QED) is 0.535. The van der Waals surface area contributed by atoms with E-state index in [2.05, 4.69) is 5.32 Å². The molecular formula is C27H27N3O6. The Morgan fingerprint density at radius 1 is 1.03 bits per heavy atom. The Labute approximate surface area is 208 Å². The van der Waals surface area contributed by atoms with Gasteiger partial charge >= 0.3 is 6.03 Å². The summed E-state index contributed by atoms with van der Waals surface area (Å²) in [6, 6.07) is 16.2. The zero-order chi connectivity index (χ0) is 25.4. The zero-order valence-electron chi connectivity index (χ0n) is 20.4. The SMILES string of the molecule is COc1ccc2cc(CN(C)C(=O)CN3C(=O)N[C@@](C)(c4ccc5c(c4)OCCO5)C3=O)ccc2c1. The molecule has 0 saturated carbocycles. The largest absolute Gasteiger partial charge is 0.497 e. The maximum Gasteiger partial charge on any atom is 0.325 e. The van der Waals surface area contributed by atoms with Gasteiger partial charge in [-0.1, -0.05) is 24.3 Å². The minimum Gasteiger partial charge on any atom is -0.497 e. The van der Waals surface area contributed by atoms with Crippen molar-refractivity contribution in [1.82, 2.24) is 15.1 Å². The Morgan fingerprint density at radius 2 is 1.75 bits per heavy atom. The van der Waals surface area contributed by atoms with Crippen LogP contribution in [0.5, 0.6) is 17.2 Å². The molecule has 0 spiro atoms. The molecule has 9 nitrogen and oxygen atoms in total. The van der Waals surface area contributed by atoms with E-state index in [9.17, 15) is 14.4 Å². The van der Waals surface area contributed by atoms with Gasteiger partial charge < -0.3 is 24.4 Å². The summed E-state index contributed by atoms with van der Waals surface area (Å²) in [4.78, 5) is 41.5. The number of imide groups is 1. The number of nitrogens with one attached hydrogen (secondary N) is 1. The Balaban J connectivity index is 1.28. The number of urea groups is 1. The monoisotopic (exact) mass is 489 g/mol. The Bertz CT molecular complexity index is 1370. The average molecular weight is 490 g/mol. The van der Waals surface area contributed by atoms with Gasteiger partial charge in [-0.15, -0.1) is 0 Å². The summed E-state index contributed by atoms with van der Waals surface area (Å²) >= 11 is 0. The van der Waals surface area contributed by atoms with Crippen molar-refractivity contribution in [3.8, 4) is 17.2 Å². The van der Waals surface area contributed by atoms with Crippen molar-refractivity contribution in [3.63, 3.8) is 0 Å². The van der Waals surface area contributed by atoms with Crippen molar-refractivity contribution in [2.24, 2.45) is 0 Å². The van der Waals surface area contributed by atoms with Crippen LogP contribution in [0.4, 0.5) is 4.79 Å². The first-order valence-corrected chi connectivity index (χ1v) is 11.6. The third-order valence-electron chi connectivity index (χ3n) is 6.65. The molecule has 36 heavy (non-hydrogen) atoms. The van der Waals surface area contributed by atoms with E-state index in [4.69, 9.17) is 14.2 Å². The minimum absolute atomic E-state index is 0.337. The highest BCUT2D eigenvalue weighted by Gasteiger charge is 2.50. The standard InChI is InChI=1S/C27H27N3O6/c1-27(20-7-9-22-23(14-20)36-11-10-35-22)25(32)30(26(33)28-27)16-24(31)29(2)15-17-4-5-19-13-21(34-3)8-6-18(19)12-17/h4-9,12-14H,10-11,15-16H2,1-3H3,(H,28,33)/t27-/m0/s1. The summed E-state index contributed by atoms with van der Waals surface area (Å²) in [5.74, 6) is 1.04. The number of carbonyl (C=O) groups is 3. The van der Waals surface area contributed by atoms with Gasteiger partial charge in [0.05, 0.1) is 7.11 Å². The van der Waals surface area contributed by atoms with Crippen LogP contribution in [0.3, 0.4) is 0 Å². The van der Waals surface area contributed by atoms with Gasteiger partial charge in [-0.3, -0.25) is 14.5 Å². The minimum atomic E-state index is -1.31. The van der Waals surface area contributed by atoms with Crippen LogP contribution in [0.25, 0.3) is 10.8 Å². The lowest BCUT2D eigenvalue weighted by atomic mass is 9.91. The average Bonchev–Trinajstić information content (AvgIpc) is 3.11. The summed E-state index contributed by atoms with van der Waals surface area (Å²) in [6.45, 7) is 2.47. The van der Waals surface area contributed by atoms with Crippen molar-refractivity contribution in [2.75, 3.05) is 33.9 Å². The van der Waals surface area contributed by atoms with E-state index >= 15 is 0 Å². The van der Waals surface area contributed by atoms with Crippen LogP contribution in [0.15, 0.2) is 54.6 Å². The lowest BCUT2D eigenvalue weighted by molar-refractivity contribution is -0.138. The molecule has 2 aliphatic rings. The van der Waals surface area contributed by atoms with E-state index in [0.29, 0.717) is 36.8 Å². The van der Waals surface area contributed by atoms with Crippen LogP contribution in [0.2, 0.25) is 0 Å². The Morgan fingerprint density at radius 3 is 2.53 bits per heavy atom. The summed E-state index contributed by atoms with van der Waals surface area (Å²) < 4.78 is 16.4. The van der Waals surface area contributed by atoms with E-state index in [1.54, 1.807) is 39.3 Å². The zero-order valence-corrected chi connectivity index (χ0v) is 20.4. The molecule has 2 heterocycles. The smallest absolute Gasteiger partial charge is 0.325 e. The second-order valence-corrected chi connectivity index (χ2v) is 9.10. The molecule has 0 aromatic heterocycles. The fraction of sp³-hybridized carbons (Fsp3) is 0.296. The van der Waals surface area contributed by atoms with E-state index in [-0.39, 0.29) is 12.5 Å². The number of benzene rings is 3. The van der Waals surface area contributed by atoms with Crippen LogP contribution >= 0.6 is 0 Å². The Hall–Kier alpha value is -4.27. The van der Waals surface area contributed by atoms with Gasteiger partial charge in [-0.05, 0) is 59.2 Å². The van der Waals surface area contributed by atoms with Crippen molar-refractivity contribution in [3.05, 3.63) is 65.7 Å². The van der Waals surface area contributed by atoms with Crippen molar-refractivity contribution in [2.45, 2.75) is 19.0 Å². The maximum atomic E-state index is 13.3. The molecular weight excluding hydrogens is 462 g/mol. The molecule has 9 heteroatoms. The number of methoxy groups -OCH3 is 1. The number of fused-ring (bicyclic) bond motifs is 2. The molecule has 5 rings (SSSR count). The van der Waals surface area contributed by atoms with Crippen LogP contribution in [0, 0.1) is 0 Å². The van der Waals surface area contributed by atoms with Crippen LogP contribution in [-0.4, -0.2) is 61.6 Å². The molecule has 2 aliphatic heterocycles. The first kappa shape index (κ1) is 23.5.